The molecule has 1 aliphatic rings. The van der Waals surface area contributed by atoms with E-state index in [4.69, 9.17) is 16.3 Å². The fourth-order valence-electron chi connectivity index (χ4n) is 3.63. The molecule has 2 aromatic carbocycles. The lowest BCUT2D eigenvalue weighted by Gasteiger charge is -2.31. The van der Waals surface area contributed by atoms with Crippen LogP contribution in [0.25, 0.3) is 0 Å². The van der Waals surface area contributed by atoms with Crippen molar-refractivity contribution in [1.29, 1.82) is 0 Å². The van der Waals surface area contributed by atoms with Gasteiger partial charge < -0.3 is 9.64 Å². The summed E-state index contributed by atoms with van der Waals surface area (Å²) in [4.78, 5) is 26.8. The van der Waals surface area contributed by atoms with Crippen molar-refractivity contribution in [3.8, 4) is 0 Å². The molecule has 7 nitrogen and oxygen atoms in total. The van der Waals surface area contributed by atoms with Crippen molar-refractivity contribution in [3.05, 3.63) is 65.2 Å². The summed E-state index contributed by atoms with van der Waals surface area (Å²) >= 11 is 5.85. The van der Waals surface area contributed by atoms with Crippen LogP contribution in [-0.4, -0.2) is 56.2 Å². The van der Waals surface area contributed by atoms with E-state index >= 15 is 0 Å². The van der Waals surface area contributed by atoms with Crippen molar-refractivity contribution in [2.24, 2.45) is 5.92 Å². The SMILES string of the molecule is CC(c1ccccc1)N(C)C(=O)COC(=O)C1CCCN(S(=O)(=O)c2ccc(Cl)cc2)C1. The van der Waals surface area contributed by atoms with E-state index < -0.39 is 21.9 Å². The number of ether oxygens (including phenoxy) is 1. The summed E-state index contributed by atoms with van der Waals surface area (Å²) in [7, 11) is -2.08. The average molecular weight is 479 g/mol. The van der Waals surface area contributed by atoms with E-state index in [9.17, 15) is 18.0 Å². The number of nitrogens with zero attached hydrogens (tertiary/aromatic N) is 2. The first-order valence-corrected chi connectivity index (χ1v) is 12.2. The van der Waals surface area contributed by atoms with Gasteiger partial charge in [-0.05, 0) is 49.6 Å². The fourth-order valence-corrected chi connectivity index (χ4v) is 5.28. The first-order chi connectivity index (χ1) is 15.2. The average Bonchev–Trinajstić information content (AvgIpc) is 2.82. The van der Waals surface area contributed by atoms with Crippen molar-refractivity contribution >= 4 is 33.5 Å². The van der Waals surface area contributed by atoms with Gasteiger partial charge in [0.1, 0.15) is 0 Å². The Kier molecular flexibility index (Phi) is 7.92. The first kappa shape index (κ1) is 24.2. The van der Waals surface area contributed by atoms with Crippen molar-refractivity contribution in [3.63, 3.8) is 0 Å². The van der Waals surface area contributed by atoms with E-state index in [1.165, 1.54) is 33.5 Å². The standard InChI is InChI=1S/C23H27ClN2O5S/c1-17(18-7-4-3-5-8-18)25(2)22(27)16-31-23(28)19-9-6-14-26(15-19)32(29,30)21-12-10-20(24)11-13-21/h3-5,7-8,10-13,17,19H,6,9,14-16H2,1-2H3. The first-order valence-electron chi connectivity index (χ1n) is 10.4. The molecule has 2 atom stereocenters. The molecule has 1 aliphatic heterocycles. The van der Waals surface area contributed by atoms with Crippen LogP contribution in [0.3, 0.4) is 0 Å². The summed E-state index contributed by atoms with van der Waals surface area (Å²) in [5.74, 6) is -1.50. The Morgan fingerprint density at radius 1 is 1.16 bits per heavy atom. The third kappa shape index (κ3) is 5.68. The molecule has 2 aromatic rings. The molecule has 0 bridgehead atoms. The Hall–Kier alpha value is -2.42. The lowest BCUT2D eigenvalue weighted by Crippen LogP contribution is -2.43. The Bertz CT molecular complexity index is 1040. The number of rotatable bonds is 7. The molecule has 1 amide bonds. The number of carbonyl (C=O) groups excluding carboxylic acids is 2. The Morgan fingerprint density at radius 3 is 2.47 bits per heavy atom. The van der Waals surface area contributed by atoms with E-state index in [0.717, 1.165) is 5.56 Å². The van der Waals surface area contributed by atoms with E-state index in [0.29, 0.717) is 24.4 Å². The Morgan fingerprint density at radius 2 is 1.81 bits per heavy atom. The zero-order valence-electron chi connectivity index (χ0n) is 18.1. The highest BCUT2D eigenvalue weighted by Crippen LogP contribution is 2.25. The zero-order valence-corrected chi connectivity index (χ0v) is 19.7. The van der Waals surface area contributed by atoms with Crippen LogP contribution in [0.1, 0.15) is 31.4 Å². The highest BCUT2D eigenvalue weighted by Gasteiger charge is 2.34. The monoisotopic (exact) mass is 478 g/mol. The van der Waals surface area contributed by atoms with Crippen molar-refractivity contribution < 1.29 is 22.7 Å². The molecule has 0 saturated carbocycles. The highest BCUT2D eigenvalue weighted by atomic mass is 35.5. The molecule has 0 N–H and O–H groups in total. The minimum Gasteiger partial charge on any atom is -0.455 e. The third-order valence-corrected chi connectivity index (χ3v) is 7.89. The summed E-state index contributed by atoms with van der Waals surface area (Å²) in [5.41, 5.74) is 0.977. The molecule has 172 valence electrons. The maximum atomic E-state index is 12.9. The fraction of sp³-hybridized carbons (Fsp3) is 0.391. The van der Waals surface area contributed by atoms with E-state index in [1.807, 2.05) is 37.3 Å². The van der Waals surface area contributed by atoms with Gasteiger partial charge in [0.2, 0.25) is 10.0 Å². The molecule has 9 heteroatoms. The number of likely N-dealkylation sites (N-methyl/N-ethyl adjacent to an activating group) is 1. The van der Waals surface area contributed by atoms with Crippen LogP contribution < -0.4 is 0 Å². The topological polar surface area (TPSA) is 84.0 Å². The maximum Gasteiger partial charge on any atom is 0.310 e. The smallest absolute Gasteiger partial charge is 0.310 e. The zero-order chi connectivity index (χ0) is 23.3. The van der Waals surface area contributed by atoms with Gasteiger partial charge in [-0.2, -0.15) is 4.31 Å². The molecular formula is C23H27ClN2O5S. The van der Waals surface area contributed by atoms with Gasteiger partial charge in [0, 0.05) is 25.2 Å². The van der Waals surface area contributed by atoms with Crippen LogP contribution >= 0.6 is 11.6 Å². The molecule has 1 heterocycles. The van der Waals surface area contributed by atoms with Crippen LogP contribution in [0.2, 0.25) is 5.02 Å². The second kappa shape index (κ2) is 10.5. The van der Waals surface area contributed by atoms with Crippen LogP contribution in [0.4, 0.5) is 0 Å². The lowest BCUT2D eigenvalue weighted by atomic mass is 10.00. The van der Waals surface area contributed by atoms with Crippen LogP contribution in [0.5, 0.6) is 0 Å². The van der Waals surface area contributed by atoms with Gasteiger partial charge in [0.05, 0.1) is 16.9 Å². The van der Waals surface area contributed by atoms with Gasteiger partial charge in [-0.25, -0.2) is 8.42 Å². The predicted octanol–water partition coefficient (Wildman–Crippen LogP) is 3.50. The number of sulfonamides is 1. The number of hydrogen-bond acceptors (Lipinski definition) is 5. The van der Waals surface area contributed by atoms with E-state index in [-0.39, 0.29) is 30.0 Å². The largest absolute Gasteiger partial charge is 0.455 e. The number of hydrogen-bond donors (Lipinski definition) is 0. The normalized spacial score (nSPS) is 18.0. The summed E-state index contributed by atoms with van der Waals surface area (Å²) in [6.45, 7) is 1.86. The molecule has 1 fully saturated rings. The van der Waals surface area contributed by atoms with Gasteiger partial charge in [0.15, 0.2) is 6.61 Å². The lowest BCUT2D eigenvalue weighted by molar-refractivity contribution is -0.156. The maximum absolute atomic E-state index is 12.9. The quantitative estimate of drug-likeness (QED) is 0.568. The number of esters is 1. The number of carbonyl (C=O) groups is 2. The number of benzene rings is 2. The van der Waals surface area contributed by atoms with Gasteiger partial charge in [-0.1, -0.05) is 41.9 Å². The summed E-state index contributed by atoms with van der Waals surface area (Å²) in [6, 6.07) is 15.3. The molecule has 32 heavy (non-hydrogen) atoms. The molecule has 0 aromatic heterocycles. The summed E-state index contributed by atoms with van der Waals surface area (Å²) in [6.07, 6.45) is 1.04. The van der Waals surface area contributed by atoms with Crippen LogP contribution in [0, 0.1) is 5.92 Å². The summed E-state index contributed by atoms with van der Waals surface area (Å²) < 4.78 is 32.4. The Balaban J connectivity index is 1.57. The van der Waals surface area contributed by atoms with Gasteiger partial charge in [0.25, 0.3) is 5.91 Å². The van der Waals surface area contributed by atoms with Gasteiger partial charge in [-0.15, -0.1) is 0 Å². The number of amides is 1. The predicted molar refractivity (Wildman–Crippen MR) is 122 cm³/mol. The van der Waals surface area contributed by atoms with Crippen LogP contribution in [-0.2, 0) is 24.3 Å². The van der Waals surface area contributed by atoms with Crippen molar-refractivity contribution in [2.75, 3.05) is 26.7 Å². The number of halogens is 1. The number of piperidine rings is 1. The second-order valence-corrected chi connectivity index (χ2v) is 10.2. The van der Waals surface area contributed by atoms with E-state index in [1.54, 1.807) is 7.05 Å². The molecule has 0 spiro atoms. The molecule has 0 radical (unpaired) electrons. The van der Waals surface area contributed by atoms with Crippen molar-refractivity contribution in [2.45, 2.75) is 30.7 Å². The van der Waals surface area contributed by atoms with E-state index in [2.05, 4.69) is 0 Å². The van der Waals surface area contributed by atoms with Crippen molar-refractivity contribution in [1.82, 2.24) is 9.21 Å². The minimum absolute atomic E-state index is 0.0221. The molecule has 3 rings (SSSR count). The van der Waals surface area contributed by atoms with Crippen LogP contribution in [0.15, 0.2) is 59.5 Å². The second-order valence-electron chi connectivity index (χ2n) is 7.86. The highest BCUT2D eigenvalue weighted by molar-refractivity contribution is 7.89. The molecule has 1 saturated heterocycles. The molecule has 2 unspecified atom stereocenters. The van der Waals surface area contributed by atoms with Gasteiger partial charge in [-0.3, -0.25) is 9.59 Å². The molecule has 0 aliphatic carbocycles. The van der Waals surface area contributed by atoms with Gasteiger partial charge >= 0.3 is 5.97 Å². The third-order valence-electron chi connectivity index (χ3n) is 5.76. The Labute approximate surface area is 194 Å². The minimum atomic E-state index is -3.74. The molecular weight excluding hydrogens is 452 g/mol. The summed E-state index contributed by atoms with van der Waals surface area (Å²) in [5, 5.41) is 0.445.